The number of aromatic nitrogens is 1. The summed E-state index contributed by atoms with van der Waals surface area (Å²) in [6, 6.07) is 11.2. The van der Waals surface area contributed by atoms with E-state index < -0.39 is 10.2 Å². The third-order valence-electron chi connectivity index (χ3n) is 4.55. The van der Waals surface area contributed by atoms with E-state index >= 15 is 0 Å². The van der Waals surface area contributed by atoms with E-state index in [0.717, 1.165) is 25.0 Å². The molecule has 8 heteroatoms. The Bertz CT molecular complexity index is 856. The van der Waals surface area contributed by atoms with Crippen LogP contribution in [0.1, 0.15) is 24.8 Å². The van der Waals surface area contributed by atoms with Gasteiger partial charge in [0.05, 0.1) is 12.3 Å². The molecular weight excluding hydrogens is 364 g/mol. The molecule has 146 valence electrons. The van der Waals surface area contributed by atoms with Gasteiger partial charge in [-0.25, -0.2) is 4.98 Å². The van der Waals surface area contributed by atoms with E-state index in [-0.39, 0.29) is 0 Å². The Hall–Kier alpha value is -2.32. The van der Waals surface area contributed by atoms with Crippen molar-refractivity contribution in [3.8, 4) is 5.75 Å². The first-order valence-electron chi connectivity index (χ1n) is 9.15. The summed E-state index contributed by atoms with van der Waals surface area (Å²) in [6.07, 6.45) is 4.15. The molecule has 1 fully saturated rings. The molecule has 3 rings (SSSR count). The van der Waals surface area contributed by atoms with Crippen molar-refractivity contribution in [3.05, 3.63) is 48.2 Å². The van der Waals surface area contributed by atoms with Crippen LogP contribution in [0.5, 0.6) is 5.75 Å². The number of nitrogen functional groups attached to an aromatic ring is 1. The highest BCUT2D eigenvalue weighted by atomic mass is 32.2. The molecule has 0 atom stereocenters. The zero-order valence-corrected chi connectivity index (χ0v) is 16.4. The lowest BCUT2D eigenvalue weighted by molar-refractivity contribution is 0.302. The number of ether oxygens (including phenoxy) is 1. The Balaban J connectivity index is 1.41. The Morgan fingerprint density at radius 2 is 1.89 bits per heavy atom. The van der Waals surface area contributed by atoms with Crippen molar-refractivity contribution < 1.29 is 13.2 Å². The highest BCUT2D eigenvalue weighted by molar-refractivity contribution is 7.90. The van der Waals surface area contributed by atoms with Crippen molar-refractivity contribution in [2.45, 2.75) is 26.2 Å². The smallest absolute Gasteiger partial charge is 0.304 e. The number of nitrogens with two attached hydrogens (primary N) is 1. The third kappa shape index (κ3) is 4.90. The molecule has 0 radical (unpaired) electrons. The lowest BCUT2D eigenvalue weighted by atomic mass is 10.2. The van der Waals surface area contributed by atoms with Gasteiger partial charge in [-0.2, -0.15) is 12.7 Å². The van der Waals surface area contributed by atoms with Crippen molar-refractivity contribution in [1.82, 2.24) is 9.29 Å². The second-order valence-electron chi connectivity index (χ2n) is 6.64. The van der Waals surface area contributed by atoms with Crippen LogP contribution in [0.2, 0.25) is 0 Å². The Morgan fingerprint density at radius 3 is 2.63 bits per heavy atom. The van der Waals surface area contributed by atoms with E-state index in [1.54, 1.807) is 12.1 Å². The molecule has 0 unspecified atom stereocenters. The molecule has 7 nitrogen and oxygen atoms in total. The minimum atomic E-state index is -3.49. The van der Waals surface area contributed by atoms with Gasteiger partial charge in [-0.05, 0) is 44.4 Å². The number of nitrogens with zero attached hydrogens (tertiary/aromatic N) is 3. The summed E-state index contributed by atoms with van der Waals surface area (Å²) in [5.74, 6) is 1.18. The summed E-state index contributed by atoms with van der Waals surface area (Å²) in [5, 5.41) is 0. The molecule has 0 amide bonds. The van der Waals surface area contributed by atoms with Crippen molar-refractivity contribution >= 4 is 21.7 Å². The molecule has 1 aliphatic rings. The predicted octanol–water partition coefficient (Wildman–Crippen LogP) is 2.59. The first-order valence-corrected chi connectivity index (χ1v) is 10.6. The summed E-state index contributed by atoms with van der Waals surface area (Å²) in [5.41, 5.74) is 7.44. The highest BCUT2D eigenvalue weighted by Gasteiger charge is 2.36. The molecule has 27 heavy (non-hydrogen) atoms. The highest BCUT2D eigenvalue weighted by Crippen LogP contribution is 2.26. The standard InChI is InChI=1S/C19H26N4O3S/c1-16-5-7-18(8-6-16)26-14-4-2-3-11-22-12-13-23(27(22,24)25)17-9-10-21-19(20)15-17/h5-10,15H,2-4,11-14H2,1H3,(H2,20,21). The van der Waals surface area contributed by atoms with Crippen LogP contribution < -0.4 is 14.8 Å². The number of hydrogen-bond acceptors (Lipinski definition) is 5. The molecule has 1 aromatic carbocycles. The first kappa shape index (κ1) is 19.4. The summed E-state index contributed by atoms with van der Waals surface area (Å²) in [6.45, 7) is 4.12. The number of anilines is 2. The molecule has 0 aliphatic carbocycles. The lowest BCUT2D eigenvalue weighted by Crippen LogP contribution is -2.33. The van der Waals surface area contributed by atoms with Crippen molar-refractivity contribution in [2.75, 3.05) is 36.3 Å². The lowest BCUT2D eigenvalue weighted by Gasteiger charge is -2.20. The Morgan fingerprint density at radius 1 is 1.11 bits per heavy atom. The normalized spacial score (nSPS) is 16.6. The van der Waals surface area contributed by atoms with Crippen molar-refractivity contribution in [3.63, 3.8) is 0 Å². The van der Waals surface area contributed by atoms with Crippen LogP contribution in [0.4, 0.5) is 11.5 Å². The second-order valence-corrected chi connectivity index (χ2v) is 8.49. The molecule has 1 aromatic heterocycles. The van der Waals surface area contributed by atoms with Crippen LogP contribution in [0.25, 0.3) is 0 Å². The van der Waals surface area contributed by atoms with Gasteiger partial charge in [0.1, 0.15) is 11.6 Å². The average Bonchev–Trinajstić information content (AvgIpc) is 2.94. The fourth-order valence-electron chi connectivity index (χ4n) is 3.05. The quantitative estimate of drug-likeness (QED) is 0.700. The first-order chi connectivity index (χ1) is 13.0. The van der Waals surface area contributed by atoms with E-state index in [1.165, 1.54) is 20.4 Å². The molecule has 2 heterocycles. The summed E-state index contributed by atoms with van der Waals surface area (Å²) < 4.78 is 34.0. The van der Waals surface area contributed by atoms with Gasteiger partial charge in [0.2, 0.25) is 0 Å². The van der Waals surface area contributed by atoms with Crippen LogP contribution in [0, 0.1) is 6.92 Å². The van der Waals surface area contributed by atoms with Gasteiger partial charge < -0.3 is 10.5 Å². The van der Waals surface area contributed by atoms with Gasteiger partial charge >= 0.3 is 10.2 Å². The monoisotopic (exact) mass is 390 g/mol. The maximum Gasteiger partial charge on any atom is 0.304 e. The molecule has 1 aliphatic heterocycles. The number of benzene rings is 1. The van der Waals surface area contributed by atoms with Crippen molar-refractivity contribution in [2.24, 2.45) is 0 Å². The summed E-state index contributed by atoms with van der Waals surface area (Å²) in [4.78, 5) is 3.91. The van der Waals surface area contributed by atoms with Crippen LogP contribution >= 0.6 is 0 Å². The average molecular weight is 391 g/mol. The second kappa shape index (κ2) is 8.58. The molecule has 0 saturated carbocycles. The van der Waals surface area contributed by atoms with Gasteiger partial charge in [-0.3, -0.25) is 4.31 Å². The molecule has 2 aromatic rings. The molecule has 0 bridgehead atoms. The number of hydrogen-bond donors (Lipinski definition) is 1. The number of rotatable bonds is 8. The third-order valence-corrected chi connectivity index (χ3v) is 6.52. The minimum absolute atomic E-state index is 0.315. The van der Waals surface area contributed by atoms with Crippen LogP contribution in [-0.2, 0) is 10.2 Å². The number of aryl methyl sites for hydroxylation is 1. The summed E-state index contributed by atoms with van der Waals surface area (Å²) in [7, 11) is -3.49. The fourth-order valence-corrected chi connectivity index (χ4v) is 4.69. The van der Waals surface area contributed by atoms with E-state index in [1.807, 2.05) is 31.2 Å². The minimum Gasteiger partial charge on any atom is -0.494 e. The summed E-state index contributed by atoms with van der Waals surface area (Å²) >= 11 is 0. The van der Waals surface area contributed by atoms with Gasteiger partial charge in [-0.15, -0.1) is 0 Å². The molecule has 2 N–H and O–H groups in total. The SMILES string of the molecule is Cc1ccc(OCCCCCN2CCN(c3ccnc(N)c3)S2(=O)=O)cc1. The van der Waals surface area contributed by atoms with Crippen LogP contribution in [0.3, 0.4) is 0 Å². The maximum atomic E-state index is 12.7. The zero-order valence-electron chi connectivity index (χ0n) is 15.5. The van der Waals surface area contributed by atoms with Crippen molar-refractivity contribution in [1.29, 1.82) is 0 Å². The predicted molar refractivity (Wildman–Crippen MR) is 107 cm³/mol. The Labute approximate surface area is 160 Å². The molecular formula is C19H26N4O3S. The van der Waals surface area contributed by atoms with Gasteiger partial charge in [0.15, 0.2) is 0 Å². The van der Waals surface area contributed by atoms with Gasteiger partial charge in [-0.1, -0.05) is 17.7 Å². The van der Waals surface area contributed by atoms with E-state index in [0.29, 0.717) is 37.7 Å². The molecule has 1 saturated heterocycles. The fraction of sp³-hybridized carbons (Fsp3) is 0.421. The van der Waals surface area contributed by atoms with Gasteiger partial charge in [0, 0.05) is 31.9 Å². The largest absolute Gasteiger partial charge is 0.494 e. The van der Waals surface area contributed by atoms with Crippen LogP contribution in [-0.4, -0.2) is 43.9 Å². The van der Waals surface area contributed by atoms with E-state index in [2.05, 4.69) is 4.98 Å². The topological polar surface area (TPSA) is 88.8 Å². The number of pyridine rings is 1. The molecule has 0 spiro atoms. The van der Waals surface area contributed by atoms with Crippen LogP contribution in [0.15, 0.2) is 42.6 Å². The van der Waals surface area contributed by atoms with E-state index in [4.69, 9.17) is 10.5 Å². The maximum absolute atomic E-state index is 12.7. The van der Waals surface area contributed by atoms with Gasteiger partial charge in [0.25, 0.3) is 0 Å². The zero-order chi connectivity index (χ0) is 19.3. The van der Waals surface area contributed by atoms with E-state index in [9.17, 15) is 8.42 Å². The Kier molecular flexibility index (Phi) is 6.18. The number of unbranched alkanes of at least 4 members (excludes halogenated alkanes) is 2.